The third-order valence-corrected chi connectivity index (χ3v) is 5.95. The van der Waals surface area contributed by atoms with Crippen LogP contribution >= 0.6 is 0 Å². The predicted octanol–water partition coefficient (Wildman–Crippen LogP) is 4.12. The highest BCUT2D eigenvalue weighted by Crippen LogP contribution is 2.33. The SMILES string of the molecule is Cc1ccc(CN2CCC(O)(CC3CC=NN3c3ccc(F)cc3)CC2)cc1. The first kappa shape index (κ1) is 19.1. The summed E-state index contributed by atoms with van der Waals surface area (Å²) in [6, 6.07) is 15.2. The number of aliphatic hydroxyl groups is 1. The van der Waals surface area contributed by atoms with E-state index in [4.69, 9.17) is 0 Å². The van der Waals surface area contributed by atoms with Crippen LogP contribution in [0.4, 0.5) is 10.1 Å². The van der Waals surface area contributed by atoms with Crippen molar-refractivity contribution >= 4 is 11.9 Å². The lowest BCUT2D eigenvalue weighted by atomic mass is 9.84. The lowest BCUT2D eigenvalue weighted by molar-refractivity contribution is -0.0333. The van der Waals surface area contributed by atoms with Crippen molar-refractivity contribution in [3.05, 3.63) is 65.5 Å². The second-order valence-corrected chi connectivity index (χ2v) is 8.20. The molecule has 2 heterocycles. The minimum Gasteiger partial charge on any atom is -0.390 e. The van der Waals surface area contributed by atoms with Crippen LogP contribution in [0.2, 0.25) is 0 Å². The molecule has 1 atom stereocenters. The zero-order valence-corrected chi connectivity index (χ0v) is 16.4. The maximum atomic E-state index is 13.2. The van der Waals surface area contributed by atoms with E-state index >= 15 is 0 Å². The number of nitrogens with zero attached hydrogens (tertiary/aromatic N) is 3. The van der Waals surface area contributed by atoms with Gasteiger partial charge in [-0.15, -0.1) is 0 Å². The van der Waals surface area contributed by atoms with Gasteiger partial charge in [0.1, 0.15) is 5.82 Å². The Balaban J connectivity index is 1.33. The molecule has 0 aromatic heterocycles. The number of rotatable bonds is 5. The first-order valence-corrected chi connectivity index (χ1v) is 10.1. The number of hydrazone groups is 1. The van der Waals surface area contributed by atoms with Crippen LogP contribution in [0.5, 0.6) is 0 Å². The van der Waals surface area contributed by atoms with Gasteiger partial charge in [-0.3, -0.25) is 9.91 Å². The number of anilines is 1. The Morgan fingerprint density at radius 2 is 1.75 bits per heavy atom. The fourth-order valence-corrected chi connectivity index (χ4v) is 4.21. The van der Waals surface area contributed by atoms with Crippen LogP contribution < -0.4 is 5.01 Å². The van der Waals surface area contributed by atoms with Crippen LogP contribution in [-0.4, -0.2) is 41.0 Å². The van der Waals surface area contributed by atoms with E-state index in [0.717, 1.165) is 44.6 Å². The lowest BCUT2D eigenvalue weighted by Gasteiger charge is -2.40. The summed E-state index contributed by atoms with van der Waals surface area (Å²) >= 11 is 0. The van der Waals surface area contributed by atoms with Crippen LogP contribution in [-0.2, 0) is 6.54 Å². The van der Waals surface area contributed by atoms with Crippen LogP contribution in [0, 0.1) is 12.7 Å². The summed E-state index contributed by atoms with van der Waals surface area (Å²) in [6.07, 6.45) is 4.93. The molecule has 5 heteroatoms. The van der Waals surface area contributed by atoms with Crippen molar-refractivity contribution in [2.75, 3.05) is 18.1 Å². The summed E-state index contributed by atoms with van der Waals surface area (Å²) in [6.45, 7) is 4.83. The minimum atomic E-state index is -0.666. The maximum absolute atomic E-state index is 13.2. The molecule has 0 bridgehead atoms. The molecule has 28 heavy (non-hydrogen) atoms. The van der Waals surface area contributed by atoms with Crippen molar-refractivity contribution in [3.8, 4) is 0 Å². The molecule has 1 fully saturated rings. The van der Waals surface area contributed by atoms with Gasteiger partial charge in [0.2, 0.25) is 0 Å². The normalized spacial score (nSPS) is 22.0. The minimum absolute atomic E-state index is 0.124. The van der Waals surface area contributed by atoms with Crippen LogP contribution in [0.3, 0.4) is 0 Å². The quantitative estimate of drug-likeness (QED) is 0.847. The van der Waals surface area contributed by atoms with Crippen molar-refractivity contribution in [1.29, 1.82) is 0 Å². The Labute approximate surface area is 166 Å². The molecule has 4 nitrogen and oxygen atoms in total. The summed E-state index contributed by atoms with van der Waals surface area (Å²) in [4.78, 5) is 2.42. The van der Waals surface area contributed by atoms with E-state index in [1.165, 1.54) is 23.3 Å². The molecule has 0 radical (unpaired) electrons. The Hall–Kier alpha value is -2.24. The Kier molecular flexibility index (Phi) is 5.47. The number of hydrogen-bond donors (Lipinski definition) is 1. The van der Waals surface area contributed by atoms with Gasteiger partial charge in [0, 0.05) is 32.3 Å². The smallest absolute Gasteiger partial charge is 0.123 e. The standard InChI is InChI=1S/C23H28FN3O/c1-18-2-4-19(5-3-18)17-26-14-11-23(28,12-15-26)16-22-10-13-25-27(22)21-8-6-20(24)7-9-21/h2-9,13,22,28H,10-12,14-17H2,1H3. The van der Waals surface area contributed by atoms with Crippen molar-refractivity contribution in [3.63, 3.8) is 0 Å². The highest BCUT2D eigenvalue weighted by molar-refractivity contribution is 5.66. The van der Waals surface area contributed by atoms with Gasteiger partial charge in [-0.05, 0) is 56.0 Å². The first-order chi connectivity index (χ1) is 13.5. The summed E-state index contributed by atoms with van der Waals surface area (Å²) < 4.78 is 13.2. The third-order valence-electron chi connectivity index (χ3n) is 5.95. The van der Waals surface area contributed by atoms with Crippen molar-refractivity contribution < 1.29 is 9.50 Å². The zero-order chi connectivity index (χ0) is 19.6. The molecular formula is C23H28FN3O. The van der Waals surface area contributed by atoms with Crippen molar-refractivity contribution in [2.45, 2.75) is 50.8 Å². The van der Waals surface area contributed by atoms with Gasteiger partial charge in [-0.25, -0.2) is 4.39 Å². The predicted molar refractivity (Wildman–Crippen MR) is 111 cm³/mol. The number of aryl methyl sites for hydroxylation is 1. The Morgan fingerprint density at radius 3 is 2.43 bits per heavy atom. The summed E-state index contributed by atoms with van der Waals surface area (Å²) in [7, 11) is 0. The van der Waals surface area contributed by atoms with E-state index in [1.54, 1.807) is 12.1 Å². The molecule has 2 aromatic carbocycles. The first-order valence-electron chi connectivity index (χ1n) is 10.1. The number of benzene rings is 2. The third kappa shape index (κ3) is 4.42. The van der Waals surface area contributed by atoms with Gasteiger partial charge < -0.3 is 5.11 Å². The fraction of sp³-hybridized carbons (Fsp3) is 0.435. The molecule has 2 aliphatic heterocycles. The van der Waals surface area contributed by atoms with E-state index in [9.17, 15) is 9.50 Å². The molecule has 1 N–H and O–H groups in total. The van der Waals surface area contributed by atoms with Gasteiger partial charge in [0.25, 0.3) is 0 Å². The monoisotopic (exact) mass is 381 g/mol. The summed E-state index contributed by atoms with van der Waals surface area (Å²) in [5.74, 6) is -0.247. The van der Waals surface area contributed by atoms with Crippen LogP contribution in [0.25, 0.3) is 0 Å². The summed E-state index contributed by atoms with van der Waals surface area (Å²) in [5.41, 5.74) is 2.81. The fourth-order valence-electron chi connectivity index (χ4n) is 4.21. The molecule has 0 amide bonds. The number of halogens is 1. The van der Waals surface area contributed by atoms with Gasteiger partial charge in [-0.1, -0.05) is 29.8 Å². The second-order valence-electron chi connectivity index (χ2n) is 8.20. The van der Waals surface area contributed by atoms with Crippen LogP contribution in [0.15, 0.2) is 53.6 Å². The average molecular weight is 381 g/mol. The van der Waals surface area contributed by atoms with Crippen LogP contribution in [0.1, 0.15) is 36.8 Å². The van der Waals surface area contributed by atoms with E-state index in [-0.39, 0.29) is 11.9 Å². The molecule has 1 saturated heterocycles. The molecular weight excluding hydrogens is 353 g/mol. The van der Waals surface area contributed by atoms with E-state index in [0.29, 0.717) is 6.42 Å². The van der Waals surface area contributed by atoms with Gasteiger partial charge in [0.15, 0.2) is 0 Å². The lowest BCUT2D eigenvalue weighted by Crippen LogP contribution is -2.47. The highest BCUT2D eigenvalue weighted by atomic mass is 19.1. The van der Waals surface area contributed by atoms with Gasteiger partial charge >= 0.3 is 0 Å². The molecule has 0 spiro atoms. The molecule has 1 unspecified atom stereocenters. The Bertz CT molecular complexity index is 811. The molecule has 2 aromatic rings. The van der Waals surface area contributed by atoms with E-state index in [2.05, 4.69) is 41.2 Å². The number of likely N-dealkylation sites (tertiary alicyclic amines) is 1. The number of hydrogen-bond acceptors (Lipinski definition) is 4. The summed E-state index contributed by atoms with van der Waals surface area (Å²) in [5, 5.41) is 17.6. The van der Waals surface area contributed by atoms with E-state index in [1.807, 2.05) is 11.2 Å². The van der Waals surface area contributed by atoms with Crippen molar-refractivity contribution in [2.24, 2.45) is 5.10 Å². The maximum Gasteiger partial charge on any atom is 0.123 e. The van der Waals surface area contributed by atoms with Gasteiger partial charge in [-0.2, -0.15) is 5.10 Å². The molecule has 0 saturated carbocycles. The second kappa shape index (κ2) is 8.02. The molecule has 4 rings (SSSR count). The number of piperidine rings is 1. The highest BCUT2D eigenvalue weighted by Gasteiger charge is 2.37. The topological polar surface area (TPSA) is 39.1 Å². The van der Waals surface area contributed by atoms with Gasteiger partial charge in [0.05, 0.1) is 17.3 Å². The molecule has 0 aliphatic carbocycles. The average Bonchev–Trinajstić information content (AvgIpc) is 3.14. The van der Waals surface area contributed by atoms with E-state index < -0.39 is 5.60 Å². The molecule has 148 valence electrons. The van der Waals surface area contributed by atoms with Crippen molar-refractivity contribution in [1.82, 2.24) is 4.90 Å². The largest absolute Gasteiger partial charge is 0.390 e. The Morgan fingerprint density at radius 1 is 1.07 bits per heavy atom. The molecule has 2 aliphatic rings. The zero-order valence-electron chi connectivity index (χ0n) is 16.4.